The number of hydrogen-bond donors (Lipinski definition) is 2. The van der Waals surface area contributed by atoms with Crippen molar-refractivity contribution < 1.29 is 9.90 Å². The molecule has 0 aromatic carbocycles. The fourth-order valence-corrected chi connectivity index (χ4v) is 1.71. The number of rotatable bonds is 2. The standard InChI is InChI=1S/C8H6N4O2S/c13-8(14)12-7-6(11-4-15-7)5-3-9-1-2-10-5/h1-4,12H,(H,13,14). The van der Waals surface area contributed by atoms with Crippen molar-refractivity contribution >= 4 is 22.4 Å². The zero-order chi connectivity index (χ0) is 10.7. The van der Waals surface area contributed by atoms with Gasteiger partial charge in [-0.3, -0.25) is 15.3 Å². The Kier molecular flexibility index (Phi) is 2.55. The van der Waals surface area contributed by atoms with Gasteiger partial charge in [-0.2, -0.15) is 0 Å². The molecule has 2 aromatic heterocycles. The molecule has 0 aliphatic rings. The first kappa shape index (κ1) is 9.53. The van der Waals surface area contributed by atoms with E-state index >= 15 is 0 Å². The van der Waals surface area contributed by atoms with E-state index in [9.17, 15) is 4.79 Å². The molecule has 0 bridgehead atoms. The van der Waals surface area contributed by atoms with Crippen LogP contribution in [-0.4, -0.2) is 26.2 Å². The summed E-state index contributed by atoms with van der Waals surface area (Å²) < 4.78 is 0. The molecule has 0 saturated carbocycles. The molecule has 76 valence electrons. The van der Waals surface area contributed by atoms with Gasteiger partial charge in [0.1, 0.15) is 16.4 Å². The predicted octanol–water partition coefficient (Wildman–Crippen LogP) is 1.69. The lowest BCUT2D eigenvalue weighted by molar-refractivity contribution is 0.210. The Morgan fingerprint density at radius 2 is 2.27 bits per heavy atom. The molecule has 0 spiro atoms. The molecular formula is C8H6N4O2S. The lowest BCUT2D eigenvalue weighted by atomic mass is 10.3. The summed E-state index contributed by atoms with van der Waals surface area (Å²) in [5.41, 5.74) is 2.59. The molecule has 0 radical (unpaired) electrons. The zero-order valence-electron chi connectivity index (χ0n) is 7.41. The Bertz CT molecular complexity index is 471. The van der Waals surface area contributed by atoms with Gasteiger partial charge in [-0.25, -0.2) is 9.78 Å². The van der Waals surface area contributed by atoms with Gasteiger partial charge in [-0.15, -0.1) is 11.3 Å². The number of thiazole rings is 1. The molecule has 2 rings (SSSR count). The first-order valence-corrected chi connectivity index (χ1v) is 4.85. The minimum absolute atomic E-state index is 0.447. The van der Waals surface area contributed by atoms with Crippen LogP contribution in [0.4, 0.5) is 9.80 Å². The van der Waals surface area contributed by atoms with Crippen LogP contribution in [0.15, 0.2) is 24.1 Å². The average molecular weight is 222 g/mol. The smallest absolute Gasteiger partial charge is 0.409 e. The van der Waals surface area contributed by atoms with Crippen LogP contribution < -0.4 is 5.32 Å². The number of aromatic nitrogens is 3. The van der Waals surface area contributed by atoms with Gasteiger partial charge in [0.15, 0.2) is 0 Å². The molecule has 2 aromatic rings. The van der Waals surface area contributed by atoms with E-state index < -0.39 is 6.09 Å². The highest BCUT2D eigenvalue weighted by molar-refractivity contribution is 7.14. The second-order valence-electron chi connectivity index (χ2n) is 2.55. The van der Waals surface area contributed by atoms with Crippen LogP contribution in [0.2, 0.25) is 0 Å². The molecule has 0 saturated heterocycles. The van der Waals surface area contributed by atoms with Crippen molar-refractivity contribution in [2.45, 2.75) is 0 Å². The van der Waals surface area contributed by atoms with Gasteiger partial charge >= 0.3 is 6.09 Å². The first-order valence-electron chi connectivity index (χ1n) is 3.97. The Morgan fingerprint density at radius 3 is 2.93 bits per heavy atom. The Balaban J connectivity index is 2.37. The van der Waals surface area contributed by atoms with Crippen molar-refractivity contribution in [1.29, 1.82) is 0 Å². The maximum atomic E-state index is 10.5. The molecule has 0 unspecified atom stereocenters. The fraction of sp³-hybridized carbons (Fsp3) is 0. The van der Waals surface area contributed by atoms with Gasteiger partial charge in [0.25, 0.3) is 0 Å². The lowest BCUT2D eigenvalue weighted by Crippen LogP contribution is -2.06. The quantitative estimate of drug-likeness (QED) is 0.807. The first-order chi connectivity index (χ1) is 7.27. The van der Waals surface area contributed by atoms with E-state index in [2.05, 4.69) is 20.3 Å². The van der Waals surface area contributed by atoms with E-state index in [-0.39, 0.29) is 0 Å². The number of carboxylic acid groups (broad SMARTS) is 1. The highest BCUT2D eigenvalue weighted by Crippen LogP contribution is 2.28. The van der Waals surface area contributed by atoms with Crippen LogP contribution in [0.3, 0.4) is 0 Å². The highest BCUT2D eigenvalue weighted by Gasteiger charge is 2.11. The van der Waals surface area contributed by atoms with Gasteiger partial charge in [0, 0.05) is 12.4 Å². The molecule has 1 amide bonds. The SMILES string of the molecule is O=C(O)Nc1scnc1-c1cnccn1. The van der Waals surface area contributed by atoms with E-state index in [1.54, 1.807) is 11.7 Å². The van der Waals surface area contributed by atoms with E-state index in [0.29, 0.717) is 16.4 Å². The van der Waals surface area contributed by atoms with Crippen LogP contribution in [0.5, 0.6) is 0 Å². The molecule has 2 N–H and O–H groups in total. The van der Waals surface area contributed by atoms with Crippen LogP contribution >= 0.6 is 11.3 Å². The fourth-order valence-electron chi connectivity index (χ4n) is 1.04. The summed E-state index contributed by atoms with van der Waals surface area (Å²) in [4.78, 5) is 22.4. The summed E-state index contributed by atoms with van der Waals surface area (Å²) in [5, 5.41) is 11.3. The van der Waals surface area contributed by atoms with Crippen molar-refractivity contribution in [3.8, 4) is 11.4 Å². The monoisotopic (exact) mass is 222 g/mol. The topological polar surface area (TPSA) is 88.0 Å². The summed E-state index contributed by atoms with van der Waals surface area (Å²) in [5.74, 6) is 0. The van der Waals surface area contributed by atoms with Gasteiger partial charge in [0.05, 0.1) is 11.7 Å². The number of amides is 1. The van der Waals surface area contributed by atoms with Gasteiger partial charge in [-0.1, -0.05) is 0 Å². The van der Waals surface area contributed by atoms with Crippen molar-refractivity contribution in [2.75, 3.05) is 5.32 Å². The third kappa shape index (κ3) is 2.08. The molecule has 6 nitrogen and oxygen atoms in total. The molecular weight excluding hydrogens is 216 g/mol. The second-order valence-corrected chi connectivity index (χ2v) is 3.41. The molecule has 0 aliphatic heterocycles. The van der Waals surface area contributed by atoms with E-state index in [1.807, 2.05) is 0 Å². The number of carbonyl (C=O) groups is 1. The Hall–Kier alpha value is -2.02. The number of anilines is 1. The molecule has 7 heteroatoms. The zero-order valence-corrected chi connectivity index (χ0v) is 8.23. The van der Waals surface area contributed by atoms with E-state index in [1.165, 1.54) is 23.7 Å². The molecule has 0 aliphatic carbocycles. The van der Waals surface area contributed by atoms with Crippen molar-refractivity contribution in [3.63, 3.8) is 0 Å². The molecule has 15 heavy (non-hydrogen) atoms. The third-order valence-electron chi connectivity index (χ3n) is 1.59. The van der Waals surface area contributed by atoms with Crippen LogP contribution in [0, 0.1) is 0 Å². The van der Waals surface area contributed by atoms with Crippen LogP contribution in [0.25, 0.3) is 11.4 Å². The van der Waals surface area contributed by atoms with Crippen molar-refractivity contribution in [3.05, 3.63) is 24.1 Å². The van der Waals surface area contributed by atoms with Gasteiger partial charge < -0.3 is 5.11 Å². The Morgan fingerprint density at radius 1 is 1.40 bits per heavy atom. The van der Waals surface area contributed by atoms with Crippen LogP contribution in [0.1, 0.15) is 0 Å². The largest absolute Gasteiger partial charge is 0.465 e. The summed E-state index contributed by atoms with van der Waals surface area (Å²) in [7, 11) is 0. The number of nitrogens with one attached hydrogen (secondary N) is 1. The maximum absolute atomic E-state index is 10.5. The lowest BCUT2D eigenvalue weighted by Gasteiger charge is -1.99. The minimum atomic E-state index is -1.12. The normalized spacial score (nSPS) is 9.87. The minimum Gasteiger partial charge on any atom is -0.465 e. The maximum Gasteiger partial charge on any atom is 0.409 e. The molecule has 0 fully saturated rings. The number of hydrogen-bond acceptors (Lipinski definition) is 5. The Labute approximate surface area is 88.7 Å². The number of nitrogens with zero attached hydrogens (tertiary/aromatic N) is 3. The van der Waals surface area contributed by atoms with Crippen molar-refractivity contribution in [1.82, 2.24) is 15.0 Å². The van der Waals surface area contributed by atoms with Gasteiger partial charge in [-0.05, 0) is 0 Å². The third-order valence-corrected chi connectivity index (χ3v) is 2.34. The van der Waals surface area contributed by atoms with Gasteiger partial charge in [0.2, 0.25) is 0 Å². The summed E-state index contributed by atoms with van der Waals surface area (Å²) in [6.45, 7) is 0. The molecule has 2 heterocycles. The predicted molar refractivity (Wildman–Crippen MR) is 54.8 cm³/mol. The second kappa shape index (κ2) is 4.01. The summed E-state index contributed by atoms with van der Waals surface area (Å²) in [6.07, 6.45) is 3.48. The highest BCUT2D eigenvalue weighted by atomic mass is 32.1. The summed E-state index contributed by atoms with van der Waals surface area (Å²) >= 11 is 1.20. The van der Waals surface area contributed by atoms with E-state index in [4.69, 9.17) is 5.11 Å². The van der Waals surface area contributed by atoms with E-state index in [0.717, 1.165) is 0 Å². The molecule has 0 atom stereocenters. The summed E-state index contributed by atoms with van der Waals surface area (Å²) in [6, 6.07) is 0. The average Bonchev–Trinajstić information content (AvgIpc) is 2.66. The van der Waals surface area contributed by atoms with Crippen molar-refractivity contribution in [2.24, 2.45) is 0 Å². The van der Waals surface area contributed by atoms with Crippen LogP contribution in [-0.2, 0) is 0 Å².